The highest BCUT2D eigenvalue weighted by Crippen LogP contribution is 2.34. The Morgan fingerprint density at radius 2 is 2.35 bits per heavy atom. The molecule has 1 N–H and O–H groups in total. The van der Waals surface area contributed by atoms with Crippen LogP contribution in [0.3, 0.4) is 0 Å². The van der Waals surface area contributed by atoms with Gasteiger partial charge in [0.15, 0.2) is 0 Å². The van der Waals surface area contributed by atoms with E-state index in [0.29, 0.717) is 6.54 Å². The molecule has 0 saturated carbocycles. The van der Waals surface area contributed by atoms with Gasteiger partial charge in [0, 0.05) is 19.2 Å². The third-order valence-electron chi connectivity index (χ3n) is 2.96. The lowest BCUT2D eigenvalue weighted by molar-refractivity contribution is -0.385. The van der Waals surface area contributed by atoms with Crippen molar-refractivity contribution in [3.8, 4) is 5.75 Å². The van der Waals surface area contributed by atoms with Gasteiger partial charge in [0.25, 0.3) is 0 Å². The molecule has 0 amide bonds. The molecule has 1 aliphatic rings. The number of ether oxygens (including phenoxy) is 2. The predicted octanol–water partition coefficient (Wildman–Crippen LogP) is 2.39. The largest absolute Gasteiger partial charge is 0.483 e. The monoisotopic (exact) mass is 300 g/mol. The van der Waals surface area contributed by atoms with Crippen LogP contribution in [0.1, 0.15) is 13.8 Å². The molecule has 7 heteroatoms. The van der Waals surface area contributed by atoms with Crippen molar-refractivity contribution in [2.24, 2.45) is 0 Å². The fraction of sp³-hybridized carbons (Fsp3) is 0.538. The Bertz CT molecular complexity index is 507. The molecule has 1 saturated heterocycles. The molecule has 0 aromatic heterocycles. The van der Waals surface area contributed by atoms with Gasteiger partial charge in [-0.15, -0.1) is 0 Å². The molecule has 1 unspecified atom stereocenters. The molecule has 110 valence electrons. The summed E-state index contributed by atoms with van der Waals surface area (Å²) in [5.74, 6) is 0.0890. The van der Waals surface area contributed by atoms with E-state index in [4.69, 9.17) is 21.1 Å². The summed E-state index contributed by atoms with van der Waals surface area (Å²) in [6, 6.07) is 4.45. The number of benzene rings is 1. The number of hydrogen-bond donors (Lipinski definition) is 1. The zero-order valence-electron chi connectivity index (χ0n) is 11.4. The molecule has 1 aliphatic heterocycles. The summed E-state index contributed by atoms with van der Waals surface area (Å²) in [5, 5.41) is 14.4. The summed E-state index contributed by atoms with van der Waals surface area (Å²) in [4.78, 5) is 10.4. The molecule has 0 spiro atoms. The van der Waals surface area contributed by atoms with E-state index in [-0.39, 0.29) is 34.8 Å². The van der Waals surface area contributed by atoms with E-state index in [1.165, 1.54) is 12.1 Å². The number of nitro groups is 1. The maximum absolute atomic E-state index is 11.0. The van der Waals surface area contributed by atoms with Crippen LogP contribution in [-0.2, 0) is 4.74 Å². The Morgan fingerprint density at radius 3 is 3.00 bits per heavy atom. The average molecular weight is 301 g/mol. The molecule has 0 bridgehead atoms. The summed E-state index contributed by atoms with van der Waals surface area (Å²) < 4.78 is 11.4. The molecule has 1 fully saturated rings. The number of nitro benzene ring substituents is 1. The Kier molecular flexibility index (Phi) is 4.47. The van der Waals surface area contributed by atoms with Gasteiger partial charge < -0.3 is 14.8 Å². The van der Waals surface area contributed by atoms with Crippen LogP contribution in [0.4, 0.5) is 5.69 Å². The van der Waals surface area contributed by atoms with Gasteiger partial charge in [0.2, 0.25) is 5.75 Å². The van der Waals surface area contributed by atoms with Crippen molar-refractivity contribution in [2.75, 3.05) is 19.7 Å². The molecule has 1 atom stereocenters. The smallest absolute Gasteiger partial charge is 0.312 e. The van der Waals surface area contributed by atoms with E-state index < -0.39 is 4.92 Å². The van der Waals surface area contributed by atoms with Crippen molar-refractivity contribution in [2.45, 2.75) is 25.6 Å². The molecule has 6 nitrogen and oxygen atoms in total. The number of para-hydroxylation sites is 1. The van der Waals surface area contributed by atoms with E-state index in [1.807, 2.05) is 13.8 Å². The molecule has 2 rings (SSSR count). The first-order valence-corrected chi connectivity index (χ1v) is 6.71. The standard InChI is InChI=1S/C13H17ClN2O4/c1-13(2)8-15-6-9(20-13)7-19-12-10(14)4-3-5-11(12)16(17)18/h3-5,9,15H,6-8H2,1-2H3. The fourth-order valence-electron chi connectivity index (χ4n) is 2.12. The minimum Gasteiger partial charge on any atom is -0.483 e. The van der Waals surface area contributed by atoms with Gasteiger partial charge in [-0.05, 0) is 19.9 Å². The van der Waals surface area contributed by atoms with E-state index >= 15 is 0 Å². The van der Waals surface area contributed by atoms with Gasteiger partial charge in [-0.2, -0.15) is 0 Å². The average Bonchev–Trinajstić information content (AvgIpc) is 2.35. The molecule has 0 aliphatic carbocycles. The summed E-state index contributed by atoms with van der Waals surface area (Å²) in [5.41, 5.74) is -0.417. The fourth-order valence-corrected chi connectivity index (χ4v) is 2.35. The van der Waals surface area contributed by atoms with Crippen LogP contribution < -0.4 is 10.1 Å². The van der Waals surface area contributed by atoms with Crippen LogP contribution >= 0.6 is 11.6 Å². The Hall–Kier alpha value is -1.37. The second-order valence-electron chi connectivity index (χ2n) is 5.29. The van der Waals surface area contributed by atoms with Crippen LogP contribution in [0.2, 0.25) is 5.02 Å². The molecule has 20 heavy (non-hydrogen) atoms. The number of nitrogens with one attached hydrogen (secondary N) is 1. The van der Waals surface area contributed by atoms with Crippen molar-refractivity contribution in [3.05, 3.63) is 33.3 Å². The summed E-state index contributed by atoms with van der Waals surface area (Å²) in [6.45, 7) is 5.56. The SMILES string of the molecule is CC1(C)CNCC(COc2c(Cl)cccc2[N+](=O)[O-])O1. The third-order valence-corrected chi connectivity index (χ3v) is 3.26. The van der Waals surface area contributed by atoms with Crippen LogP contribution in [0.5, 0.6) is 5.75 Å². The van der Waals surface area contributed by atoms with Crippen molar-refractivity contribution in [1.82, 2.24) is 5.32 Å². The minimum atomic E-state index is -0.509. The van der Waals surface area contributed by atoms with Crippen LogP contribution in [0.25, 0.3) is 0 Å². The van der Waals surface area contributed by atoms with Crippen LogP contribution in [-0.4, -0.2) is 36.3 Å². The minimum absolute atomic E-state index is 0.0890. The maximum Gasteiger partial charge on any atom is 0.312 e. The maximum atomic E-state index is 11.0. The van der Waals surface area contributed by atoms with Crippen molar-refractivity contribution in [1.29, 1.82) is 0 Å². The Morgan fingerprint density at radius 1 is 1.60 bits per heavy atom. The normalized spacial score (nSPS) is 21.4. The highest BCUT2D eigenvalue weighted by atomic mass is 35.5. The molecule has 1 heterocycles. The van der Waals surface area contributed by atoms with E-state index in [2.05, 4.69) is 5.32 Å². The zero-order chi connectivity index (χ0) is 14.8. The summed E-state index contributed by atoms with van der Waals surface area (Å²) in [6.07, 6.45) is -0.172. The highest BCUT2D eigenvalue weighted by Gasteiger charge is 2.29. The van der Waals surface area contributed by atoms with Crippen molar-refractivity contribution < 1.29 is 14.4 Å². The number of nitrogens with zero attached hydrogens (tertiary/aromatic N) is 1. The first kappa shape index (κ1) is 15.0. The molecular formula is C13H17ClN2O4. The lowest BCUT2D eigenvalue weighted by atomic mass is 10.1. The predicted molar refractivity (Wildman–Crippen MR) is 75.4 cm³/mol. The number of hydrogen-bond acceptors (Lipinski definition) is 5. The van der Waals surface area contributed by atoms with E-state index in [0.717, 1.165) is 6.54 Å². The van der Waals surface area contributed by atoms with E-state index in [9.17, 15) is 10.1 Å². The summed E-state index contributed by atoms with van der Waals surface area (Å²) in [7, 11) is 0. The van der Waals surface area contributed by atoms with Gasteiger partial charge in [0.1, 0.15) is 12.7 Å². The Balaban J connectivity index is 2.06. The van der Waals surface area contributed by atoms with Gasteiger partial charge >= 0.3 is 5.69 Å². The number of rotatable bonds is 4. The summed E-state index contributed by atoms with van der Waals surface area (Å²) >= 11 is 5.96. The number of morpholine rings is 1. The second kappa shape index (κ2) is 5.95. The first-order valence-electron chi connectivity index (χ1n) is 6.33. The van der Waals surface area contributed by atoms with Crippen molar-refractivity contribution in [3.63, 3.8) is 0 Å². The quantitative estimate of drug-likeness (QED) is 0.683. The van der Waals surface area contributed by atoms with Gasteiger partial charge in [-0.25, -0.2) is 0 Å². The molecule has 0 radical (unpaired) electrons. The first-order chi connectivity index (χ1) is 9.39. The molecular weight excluding hydrogens is 284 g/mol. The third kappa shape index (κ3) is 3.59. The lowest BCUT2D eigenvalue weighted by Gasteiger charge is -2.36. The lowest BCUT2D eigenvalue weighted by Crippen LogP contribution is -2.52. The second-order valence-corrected chi connectivity index (χ2v) is 5.69. The molecule has 1 aromatic rings. The number of halogens is 1. The topological polar surface area (TPSA) is 73.6 Å². The van der Waals surface area contributed by atoms with E-state index in [1.54, 1.807) is 6.07 Å². The zero-order valence-corrected chi connectivity index (χ0v) is 12.1. The Labute approximate surface area is 122 Å². The van der Waals surface area contributed by atoms with Crippen LogP contribution in [0.15, 0.2) is 18.2 Å². The van der Waals surface area contributed by atoms with Gasteiger partial charge in [-0.1, -0.05) is 17.7 Å². The van der Waals surface area contributed by atoms with Gasteiger partial charge in [-0.3, -0.25) is 10.1 Å². The van der Waals surface area contributed by atoms with Crippen molar-refractivity contribution >= 4 is 17.3 Å². The highest BCUT2D eigenvalue weighted by molar-refractivity contribution is 6.32. The molecule has 1 aromatic carbocycles. The van der Waals surface area contributed by atoms with Crippen LogP contribution in [0, 0.1) is 10.1 Å². The van der Waals surface area contributed by atoms with Gasteiger partial charge in [0.05, 0.1) is 15.5 Å².